The summed E-state index contributed by atoms with van der Waals surface area (Å²) in [6.07, 6.45) is -3.63. The number of nitrogens with zero attached hydrogens (tertiary/aromatic N) is 3. The fourth-order valence-electron chi connectivity index (χ4n) is 3.13. The molecule has 0 radical (unpaired) electrons. The van der Waals surface area contributed by atoms with Crippen LogP contribution in [0.1, 0.15) is 17.0 Å². The summed E-state index contributed by atoms with van der Waals surface area (Å²) in [5.74, 6) is -0.664. The Kier molecular flexibility index (Phi) is 4.76. The molecular formula is C20H14F4N4O2. The number of hydrogen-bond donors (Lipinski definition) is 1. The first-order chi connectivity index (χ1) is 14.2. The number of aryl methyl sites for hydroxylation is 1. The fraction of sp³-hybridized carbons (Fsp3) is 0.150. The third-order valence-electron chi connectivity index (χ3n) is 4.43. The van der Waals surface area contributed by atoms with E-state index in [4.69, 9.17) is 0 Å². The van der Waals surface area contributed by atoms with Gasteiger partial charge < -0.3 is 9.72 Å². The summed E-state index contributed by atoms with van der Waals surface area (Å²) in [5, 5.41) is 4.37. The molecule has 0 amide bonds. The number of ether oxygens (including phenoxy) is 1. The number of para-hydroxylation sites is 1. The number of halogens is 4. The number of nitrogens with one attached hydrogen (secondary N) is 1. The van der Waals surface area contributed by atoms with Crippen LogP contribution in [0, 0.1) is 12.7 Å². The Morgan fingerprint density at radius 3 is 2.67 bits per heavy atom. The van der Waals surface area contributed by atoms with Crippen LogP contribution in [0.3, 0.4) is 0 Å². The maximum atomic E-state index is 13.4. The third kappa shape index (κ3) is 3.88. The number of benzene rings is 2. The van der Waals surface area contributed by atoms with Gasteiger partial charge in [-0.1, -0.05) is 18.2 Å². The summed E-state index contributed by atoms with van der Waals surface area (Å²) in [6.45, 7) is 1.69. The largest absolute Gasteiger partial charge is 0.573 e. The number of aromatic nitrogens is 4. The molecule has 0 unspecified atom stereocenters. The minimum atomic E-state index is -4.85. The molecule has 0 fully saturated rings. The van der Waals surface area contributed by atoms with Gasteiger partial charge in [0, 0.05) is 12.0 Å². The number of aromatic amines is 1. The fourth-order valence-corrected chi connectivity index (χ4v) is 3.13. The molecule has 6 nitrogen and oxygen atoms in total. The standard InChI is InChI=1S/C20H14F4N4O2/c1-11-8-13(21)6-7-15(11)28-18-14(10-25-28)19(29)27-17(26-18)9-12-4-2-3-5-16(12)30-20(22,23)24/h2-8,10H,9H2,1H3,(H,26,27,29). The first-order valence-electron chi connectivity index (χ1n) is 8.78. The highest BCUT2D eigenvalue weighted by Gasteiger charge is 2.32. The molecule has 4 aromatic rings. The molecule has 0 aliphatic rings. The summed E-state index contributed by atoms with van der Waals surface area (Å²) in [5.41, 5.74) is 1.01. The molecule has 2 heterocycles. The highest BCUT2D eigenvalue weighted by molar-refractivity contribution is 5.75. The summed E-state index contributed by atoms with van der Waals surface area (Å²) in [4.78, 5) is 19.4. The Labute approximate surface area is 166 Å². The number of H-pyrrole nitrogens is 1. The van der Waals surface area contributed by atoms with E-state index in [1.165, 1.54) is 47.3 Å². The van der Waals surface area contributed by atoms with E-state index in [1.54, 1.807) is 13.0 Å². The lowest BCUT2D eigenvalue weighted by Gasteiger charge is -2.13. The highest BCUT2D eigenvalue weighted by atomic mass is 19.4. The lowest BCUT2D eigenvalue weighted by Crippen LogP contribution is -2.18. The minimum absolute atomic E-state index is 0.106. The van der Waals surface area contributed by atoms with Gasteiger partial charge in [0.2, 0.25) is 0 Å². The average molecular weight is 418 g/mol. The van der Waals surface area contributed by atoms with Gasteiger partial charge in [0.25, 0.3) is 5.56 Å². The molecule has 2 aromatic carbocycles. The van der Waals surface area contributed by atoms with Gasteiger partial charge in [0.05, 0.1) is 11.9 Å². The van der Waals surface area contributed by atoms with Crippen molar-refractivity contribution in [2.24, 2.45) is 0 Å². The molecule has 0 aliphatic carbocycles. The Morgan fingerprint density at radius 2 is 1.93 bits per heavy atom. The van der Waals surface area contributed by atoms with E-state index >= 15 is 0 Å². The molecule has 0 atom stereocenters. The topological polar surface area (TPSA) is 72.8 Å². The van der Waals surface area contributed by atoms with E-state index < -0.39 is 17.7 Å². The number of fused-ring (bicyclic) bond motifs is 1. The number of hydrogen-bond acceptors (Lipinski definition) is 4. The predicted molar refractivity (Wildman–Crippen MR) is 100 cm³/mol. The van der Waals surface area contributed by atoms with Crippen molar-refractivity contribution in [3.05, 3.63) is 81.8 Å². The molecule has 0 saturated carbocycles. The van der Waals surface area contributed by atoms with Gasteiger partial charge in [-0.3, -0.25) is 4.79 Å². The first-order valence-corrected chi connectivity index (χ1v) is 8.78. The Balaban J connectivity index is 1.78. The lowest BCUT2D eigenvalue weighted by molar-refractivity contribution is -0.274. The Bertz CT molecular complexity index is 1290. The van der Waals surface area contributed by atoms with Crippen LogP contribution < -0.4 is 10.3 Å². The highest BCUT2D eigenvalue weighted by Crippen LogP contribution is 2.27. The Hall–Kier alpha value is -3.69. The van der Waals surface area contributed by atoms with Crippen LogP contribution in [0.25, 0.3) is 16.7 Å². The van der Waals surface area contributed by atoms with E-state index in [0.29, 0.717) is 11.3 Å². The molecule has 0 bridgehead atoms. The molecular weight excluding hydrogens is 404 g/mol. The lowest BCUT2D eigenvalue weighted by atomic mass is 10.1. The van der Waals surface area contributed by atoms with E-state index in [-0.39, 0.29) is 34.6 Å². The van der Waals surface area contributed by atoms with Crippen LogP contribution in [-0.2, 0) is 6.42 Å². The van der Waals surface area contributed by atoms with E-state index in [9.17, 15) is 22.4 Å². The molecule has 4 rings (SSSR count). The van der Waals surface area contributed by atoms with Crippen molar-refractivity contribution in [3.8, 4) is 11.4 Å². The van der Waals surface area contributed by atoms with Crippen LogP contribution in [-0.4, -0.2) is 26.1 Å². The van der Waals surface area contributed by atoms with Crippen molar-refractivity contribution in [3.63, 3.8) is 0 Å². The zero-order valence-corrected chi connectivity index (χ0v) is 15.5. The van der Waals surface area contributed by atoms with Gasteiger partial charge in [-0.05, 0) is 36.8 Å². The number of alkyl halides is 3. The Morgan fingerprint density at radius 1 is 1.17 bits per heavy atom. The average Bonchev–Trinajstić information content (AvgIpc) is 3.06. The third-order valence-corrected chi connectivity index (χ3v) is 4.43. The van der Waals surface area contributed by atoms with Crippen molar-refractivity contribution < 1.29 is 22.3 Å². The monoisotopic (exact) mass is 418 g/mol. The van der Waals surface area contributed by atoms with Crippen LogP contribution in [0.4, 0.5) is 17.6 Å². The zero-order valence-electron chi connectivity index (χ0n) is 15.5. The quantitative estimate of drug-likeness (QED) is 0.508. The van der Waals surface area contributed by atoms with Gasteiger partial charge in [0.1, 0.15) is 22.8 Å². The molecule has 2 aromatic heterocycles. The van der Waals surface area contributed by atoms with Crippen molar-refractivity contribution in [1.82, 2.24) is 19.7 Å². The first kappa shape index (κ1) is 19.6. The van der Waals surface area contributed by atoms with Crippen LogP contribution in [0.5, 0.6) is 5.75 Å². The van der Waals surface area contributed by atoms with Crippen LogP contribution >= 0.6 is 0 Å². The summed E-state index contributed by atoms with van der Waals surface area (Å²) in [7, 11) is 0. The van der Waals surface area contributed by atoms with Crippen molar-refractivity contribution in [2.45, 2.75) is 19.7 Å². The molecule has 1 N–H and O–H groups in total. The molecule has 0 aliphatic heterocycles. The van der Waals surface area contributed by atoms with Gasteiger partial charge in [-0.15, -0.1) is 13.2 Å². The predicted octanol–water partition coefficient (Wildman–Crippen LogP) is 4.05. The number of rotatable bonds is 4. The summed E-state index contributed by atoms with van der Waals surface area (Å²) >= 11 is 0. The van der Waals surface area contributed by atoms with Crippen LogP contribution in [0.2, 0.25) is 0 Å². The van der Waals surface area contributed by atoms with Gasteiger partial charge in [-0.25, -0.2) is 14.1 Å². The van der Waals surface area contributed by atoms with Crippen molar-refractivity contribution in [1.29, 1.82) is 0 Å². The maximum absolute atomic E-state index is 13.4. The second-order valence-electron chi connectivity index (χ2n) is 6.57. The second-order valence-corrected chi connectivity index (χ2v) is 6.57. The SMILES string of the molecule is Cc1cc(F)ccc1-n1ncc2c(=O)[nH]c(Cc3ccccc3OC(F)(F)F)nc21. The smallest absolute Gasteiger partial charge is 0.405 e. The zero-order chi connectivity index (χ0) is 21.5. The van der Waals surface area contributed by atoms with Gasteiger partial charge in [0.15, 0.2) is 5.65 Å². The molecule has 10 heteroatoms. The maximum Gasteiger partial charge on any atom is 0.573 e. The molecule has 30 heavy (non-hydrogen) atoms. The summed E-state index contributed by atoms with van der Waals surface area (Å²) < 4.78 is 56.9. The van der Waals surface area contributed by atoms with E-state index in [1.807, 2.05) is 0 Å². The summed E-state index contributed by atoms with van der Waals surface area (Å²) in [6, 6.07) is 9.69. The normalized spacial score (nSPS) is 11.8. The van der Waals surface area contributed by atoms with Crippen molar-refractivity contribution in [2.75, 3.05) is 0 Å². The van der Waals surface area contributed by atoms with Crippen molar-refractivity contribution >= 4 is 11.0 Å². The molecule has 154 valence electrons. The molecule has 0 saturated heterocycles. The second kappa shape index (κ2) is 7.29. The van der Waals surface area contributed by atoms with Gasteiger partial charge in [-0.2, -0.15) is 5.10 Å². The van der Waals surface area contributed by atoms with Gasteiger partial charge >= 0.3 is 6.36 Å². The minimum Gasteiger partial charge on any atom is -0.405 e. The molecule has 0 spiro atoms. The van der Waals surface area contributed by atoms with E-state index in [0.717, 1.165) is 0 Å². The van der Waals surface area contributed by atoms with Crippen LogP contribution in [0.15, 0.2) is 53.5 Å². The van der Waals surface area contributed by atoms with E-state index in [2.05, 4.69) is 19.8 Å².